The minimum atomic E-state index is 1.16. The van der Waals surface area contributed by atoms with Gasteiger partial charge in [0, 0.05) is 17.4 Å². The number of hydrogen-bond donors (Lipinski definition) is 0. The zero-order valence-electron chi connectivity index (χ0n) is 16.1. The molecule has 2 nitrogen and oxygen atoms in total. The van der Waals surface area contributed by atoms with Gasteiger partial charge >= 0.3 is 0 Å². The summed E-state index contributed by atoms with van der Waals surface area (Å²) in [7, 11) is 0. The standard InChI is InChI=1S/C22H35N2/c1-5-9-13-19-18-20-14-10-11-17-24(20)22(19)21(12-6-2)23(15-7-3)16-8-4/h10-11,14,17-18H,5-9,12-13,15-16H2,1-4H3. The summed E-state index contributed by atoms with van der Waals surface area (Å²) in [6.07, 6.45) is 10.7. The molecule has 133 valence electrons. The van der Waals surface area contributed by atoms with Gasteiger partial charge in [-0.15, -0.1) is 0 Å². The second kappa shape index (κ2) is 9.88. The molecule has 0 saturated heterocycles. The molecule has 0 amide bonds. The maximum Gasteiger partial charge on any atom is 0.0862 e. The van der Waals surface area contributed by atoms with Gasteiger partial charge in [-0.25, -0.2) is 0 Å². The van der Waals surface area contributed by atoms with Gasteiger partial charge < -0.3 is 4.40 Å². The number of aryl methyl sites for hydroxylation is 1. The molecule has 0 atom stereocenters. The van der Waals surface area contributed by atoms with Crippen molar-refractivity contribution < 1.29 is 0 Å². The van der Waals surface area contributed by atoms with E-state index >= 15 is 0 Å². The first-order valence-electron chi connectivity index (χ1n) is 9.96. The van der Waals surface area contributed by atoms with Crippen molar-refractivity contribution in [2.45, 2.75) is 72.6 Å². The Kier molecular flexibility index (Phi) is 7.84. The van der Waals surface area contributed by atoms with Crippen LogP contribution in [0.15, 0.2) is 30.5 Å². The fourth-order valence-electron chi connectivity index (χ4n) is 3.65. The molecule has 0 aromatic carbocycles. The van der Waals surface area contributed by atoms with Gasteiger partial charge in [0.05, 0.1) is 6.04 Å². The largest absolute Gasteiger partial charge is 0.319 e. The van der Waals surface area contributed by atoms with Gasteiger partial charge in [0.2, 0.25) is 0 Å². The molecule has 0 spiro atoms. The average Bonchev–Trinajstić information content (AvgIpc) is 2.96. The van der Waals surface area contributed by atoms with Crippen molar-refractivity contribution in [1.29, 1.82) is 0 Å². The van der Waals surface area contributed by atoms with E-state index in [4.69, 9.17) is 0 Å². The summed E-state index contributed by atoms with van der Waals surface area (Å²) in [5.41, 5.74) is 4.34. The minimum Gasteiger partial charge on any atom is -0.319 e. The smallest absolute Gasteiger partial charge is 0.0862 e. The Balaban J connectivity index is 2.49. The fraction of sp³-hybridized carbons (Fsp3) is 0.591. The second-order valence-electron chi connectivity index (χ2n) is 6.80. The lowest BCUT2D eigenvalue weighted by Crippen LogP contribution is -2.32. The molecule has 0 aliphatic rings. The van der Waals surface area contributed by atoms with E-state index in [1.54, 1.807) is 6.04 Å². The van der Waals surface area contributed by atoms with Crippen LogP contribution in [-0.2, 0) is 6.42 Å². The fourth-order valence-corrected chi connectivity index (χ4v) is 3.65. The molecule has 2 heteroatoms. The third-order valence-electron chi connectivity index (χ3n) is 4.69. The van der Waals surface area contributed by atoms with Gasteiger partial charge in [0.25, 0.3) is 0 Å². The number of aromatic nitrogens is 1. The Morgan fingerprint density at radius 2 is 1.71 bits per heavy atom. The summed E-state index contributed by atoms with van der Waals surface area (Å²) >= 11 is 0. The molecule has 2 aromatic heterocycles. The zero-order chi connectivity index (χ0) is 17.4. The summed E-state index contributed by atoms with van der Waals surface area (Å²) in [5.74, 6) is 0. The Hall–Kier alpha value is -1.28. The van der Waals surface area contributed by atoms with Gasteiger partial charge in [-0.3, -0.25) is 4.90 Å². The molecule has 0 aliphatic heterocycles. The van der Waals surface area contributed by atoms with Gasteiger partial charge in [-0.2, -0.15) is 0 Å². The van der Waals surface area contributed by atoms with E-state index in [0.717, 1.165) is 13.1 Å². The highest BCUT2D eigenvalue weighted by atomic mass is 15.2. The molecule has 2 rings (SSSR count). The van der Waals surface area contributed by atoms with Crippen molar-refractivity contribution >= 4 is 5.52 Å². The Labute approximate surface area is 148 Å². The van der Waals surface area contributed by atoms with Crippen molar-refractivity contribution in [3.63, 3.8) is 0 Å². The summed E-state index contributed by atoms with van der Waals surface area (Å²) in [5, 5.41) is 0. The molecule has 0 aliphatic carbocycles. The van der Waals surface area contributed by atoms with Crippen LogP contribution in [0, 0.1) is 6.04 Å². The molecule has 0 fully saturated rings. The topological polar surface area (TPSA) is 7.65 Å². The lowest BCUT2D eigenvalue weighted by Gasteiger charge is -2.31. The molecule has 0 N–H and O–H groups in total. The number of pyridine rings is 1. The molecule has 0 unspecified atom stereocenters. The van der Waals surface area contributed by atoms with Crippen LogP contribution in [0.5, 0.6) is 0 Å². The van der Waals surface area contributed by atoms with Gasteiger partial charge in [-0.05, 0) is 69.0 Å². The van der Waals surface area contributed by atoms with E-state index < -0.39 is 0 Å². The van der Waals surface area contributed by atoms with Crippen LogP contribution < -0.4 is 0 Å². The van der Waals surface area contributed by atoms with Crippen LogP contribution >= 0.6 is 0 Å². The first kappa shape index (κ1) is 19.1. The number of unbranched alkanes of at least 4 members (excludes halogenated alkanes) is 1. The molecule has 0 bridgehead atoms. The highest BCUT2D eigenvalue weighted by Gasteiger charge is 2.25. The lowest BCUT2D eigenvalue weighted by molar-refractivity contribution is 0.282. The molecular formula is C22H35N2. The maximum absolute atomic E-state index is 2.65. The molecule has 0 saturated carbocycles. The van der Waals surface area contributed by atoms with Crippen LogP contribution in [0.4, 0.5) is 0 Å². The normalized spacial score (nSPS) is 11.9. The van der Waals surface area contributed by atoms with E-state index in [0.29, 0.717) is 0 Å². The van der Waals surface area contributed by atoms with E-state index in [1.807, 2.05) is 0 Å². The first-order chi connectivity index (χ1) is 11.8. The number of rotatable bonds is 11. The van der Waals surface area contributed by atoms with Gasteiger partial charge in [0.15, 0.2) is 0 Å². The van der Waals surface area contributed by atoms with Crippen LogP contribution in [0.25, 0.3) is 5.52 Å². The van der Waals surface area contributed by atoms with Crippen LogP contribution in [0.1, 0.15) is 77.5 Å². The summed E-state index contributed by atoms with van der Waals surface area (Å²) in [4.78, 5) is 2.65. The van der Waals surface area contributed by atoms with Gasteiger partial charge in [-0.1, -0.05) is 46.6 Å². The predicted octanol–water partition coefficient (Wildman–Crippen LogP) is 6.08. The summed E-state index contributed by atoms with van der Waals surface area (Å²) < 4.78 is 2.42. The third kappa shape index (κ3) is 4.42. The monoisotopic (exact) mass is 327 g/mol. The van der Waals surface area contributed by atoms with E-state index in [-0.39, 0.29) is 0 Å². The molecular weight excluding hydrogens is 292 g/mol. The highest BCUT2D eigenvalue weighted by molar-refractivity contribution is 5.56. The summed E-state index contributed by atoms with van der Waals surface area (Å²) in [6.45, 7) is 11.5. The highest BCUT2D eigenvalue weighted by Crippen LogP contribution is 2.31. The quantitative estimate of drug-likeness (QED) is 0.485. The van der Waals surface area contributed by atoms with Crippen molar-refractivity contribution in [3.05, 3.63) is 47.8 Å². The van der Waals surface area contributed by atoms with Crippen molar-refractivity contribution in [3.8, 4) is 0 Å². The Morgan fingerprint density at radius 3 is 2.33 bits per heavy atom. The first-order valence-corrected chi connectivity index (χ1v) is 9.96. The second-order valence-corrected chi connectivity index (χ2v) is 6.80. The van der Waals surface area contributed by atoms with Crippen molar-refractivity contribution in [2.24, 2.45) is 0 Å². The van der Waals surface area contributed by atoms with E-state index in [9.17, 15) is 0 Å². The Morgan fingerprint density at radius 1 is 0.958 bits per heavy atom. The Bertz CT molecular complexity index is 593. The van der Waals surface area contributed by atoms with E-state index in [1.165, 1.54) is 61.7 Å². The molecule has 2 heterocycles. The number of nitrogens with zero attached hydrogens (tertiary/aromatic N) is 2. The average molecular weight is 328 g/mol. The lowest BCUT2D eigenvalue weighted by atomic mass is 9.99. The van der Waals surface area contributed by atoms with Crippen molar-refractivity contribution in [2.75, 3.05) is 13.1 Å². The zero-order valence-corrected chi connectivity index (χ0v) is 16.1. The summed E-state index contributed by atoms with van der Waals surface area (Å²) in [6, 6.07) is 10.5. The molecule has 2 aromatic rings. The number of hydrogen-bond acceptors (Lipinski definition) is 1. The van der Waals surface area contributed by atoms with Crippen LogP contribution in [-0.4, -0.2) is 22.4 Å². The van der Waals surface area contributed by atoms with Crippen LogP contribution in [0.3, 0.4) is 0 Å². The molecule has 1 radical (unpaired) electrons. The maximum atomic E-state index is 2.65. The van der Waals surface area contributed by atoms with Crippen LogP contribution in [0.2, 0.25) is 0 Å². The van der Waals surface area contributed by atoms with Crippen molar-refractivity contribution in [1.82, 2.24) is 9.30 Å². The van der Waals surface area contributed by atoms with Gasteiger partial charge in [0.1, 0.15) is 0 Å². The molecule has 24 heavy (non-hydrogen) atoms. The third-order valence-corrected chi connectivity index (χ3v) is 4.69. The predicted molar refractivity (Wildman–Crippen MR) is 105 cm³/mol. The SMILES string of the molecule is CCCCc1cc2ccccn2c1[C](CCC)N(CCC)CCC. The minimum absolute atomic E-state index is 1.16. The van der Waals surface area contributed by atoms with E-state index in [2.05, 4.69) is 67.5 Å². The number of fused-ring (bicyclic) bond motifs is 1.